The van der Waals surface area contributed by atoms with Crippen molar-refractivity contribution in [2.45, 2.75) is 33.1 Å². The maximum absolute atomic E-state index is 2.44. The van der Waals surface area contributed by atoms with Gasteiger partial charge < -0.3 is 0 Å². The Morgan fingerprint density at radius 3 is 2.14 bits per heavy atom. The fourth-order valence-electron chi connectivity index (χ4n) is 1.32. The van der Waals surface area contributed by atoms with E-state index in [0.717, 1.165) is 0 Å². The second kappa shape index (κ2) is 4.68. The van der Waals surface area contributed by atoms with Crippen LogP contribution in [-0.2, 0) is 5.41 Å². The summed E-state index contributed by atoms with van der Waals surface area (Å²) in [6, 6.07) is 6.71. The molecule has 0 aliphatic rings. The van der Waals surface area contributed by atoms with Crippen molar-refractivity contribution in [3.8, 4) is 0 Å². The fraction of sp³-hybridized carbons (Fsp3) is 0.500. The summed E-state index contributed by atoms with van der Waals surface area (Å²) in [6.07, 6.45) is 0. The third kappa shape index (κ3) is 2.62. The van der Waals surface area contributed by atoms with Crippen LogP contribution >= 0.6 is 45.2 Å². The Bertz CT molecular complexity index is 327. The van der Waals surface area contributed by atoms with Gasteiger partial charge in [-0.3, -0.25) is 0 Å². The Morgan fingerprint density at radius 2 is 1.71 bits per heavy atom. The van der Waals surface area contributed by atoms with E-state index in [2.05, 4.69) is 91.1 Å². The zero-order chi connectivity index (χ0) is 10.9. The maximum Gasteiger partial charge on any atom is 0.0178 e. The van der Waals surface area contributed by atoms with E-state index in [9.17, 15) is 0 Å². The van der Waals surface area contributed by atoms with Crippen molar-refractivity contribution in [1.29, 1.82) is 0 Å². The van der Waals surface area contributed by atoms with Gasteiger partial charge in [-0.15, -0.1) is 0 Å². The van der Waals surface area contributed by atoms with Crippen LogP contribution in [0.1, 0.15) is 33.3 Å². The topological polar surface area (TPSA) is 0 Å². The van der Waals surface area contributed by atoms with Gasteiger partial charge >= 0.3 is 0 Å². The van der Waals surface area contributed by atoms with E-state index >= 15 is 0 Å². The second-order valence-electron chi connectivity index (χ2n) is 4.50. The highest BCUT2D eigenvalue weighted by atomic mass is 127. The smallest absolute Gasteiger partial charge is 0.0178 e. The summed E-state index contributed by atoms with van der Waals surface area (Å²) in [6.45, 7) is 9.21. The lowest BCUT2D eigenvalue weighted by molar-refractivity contribution is 0.370. The quantitative estimate of drug-likeness (QED) is 0.609. The molecule has 0 N–H and O–H groups in total. The molecule has 0 aliphatic carbocycles. The molecule has 0 saturated heterocycles. The SMILES string of the molecule is CC(C)C(C)(C)c1ccc(I)cc1I. The van der Waals surface area contributed by atoms with Crippen molar-refractivity contribution in [3.05, 3.63) is 30.9 Å². The molecule has 1 aromatic carbocycles. The Morgan fingerprint density at radius 1 is 1.14 bits per heavy atom. The van der Waals surface area contributed by atoms with Crippen LogP contribution in [0.4, 0.5) is 0 Å². The minimum atomic E-state index is 0.265. The molecule has 0 heterocycles. The molecule has 0 aromatic heterocycles. The molecular weight excluding hydrogens is 398 g/mol. The van der Waals surface area contributed by atoms with Gasteiger partial charge in [0.2, 0.25) is 0 Å². The number of halogens is 2. The number of benzene rings is 1. The Balaban J connectivity index is 3.19. The summed E-state index contributed by atoms with van der Waals surface area (Å²) in [5.74, 6) is 0.663. The van der Waals surface area contributed by atoms with Crippen LogP contribution in [0.25, 0.3) is 0 Å². The van der Waals surface area contributed by atoms with Gasteiger partial charge in [0, 0.05) is 7.14 Å². The number of hydrogen-bond acceptors (Lipinski definition) is 0. The molecule has 0 saturated carbocycles. The molecule has 0 bridgehead atoms. The van der Waals surface area contributed by atoms with E-state index in [4.69, 9.17) is 0 Å². The summed E-state index contributed by atoms with van der Waals surface area (Å²) in [5.41, 5.74) is 1.73. The van der Waals surface area contributed by atoms with Crippen LogP contribution in [0.5, 0.6) is 0 Å². The third-order valence-electron chi connectivity index (χ3n) is 3.07. The van der Waals surface area contributed by atoms with Gasteiger partial charge in [-0.25, -0.2) is 0 Å². The highest BCUT2D eigenvalue weighted by Gasteiger charge is 2.26. The summed E-state index contributed by atoms with van der Waals surface area (Å²) in [4.78, 5) is 0. The van der Waals surface area contributed by atoms with Gasteiger partial charge in [0.1, 0.15) is 0 Å². The minimum absolute atomic E-state index is 0.265. The van der Waals surface area contributed by atoms with Crippen LogP contribution in [0, 0.1) is 13.1 Å². The predicted molar refractivity (Wildman–Crippen MR) is 79.7 cm³/mol. The summed E-state index contributed by atoms with van der Waals surface area (Å²) in [5, 5.41) is 0. The van der Waals surface area contributed by atoms with Gasteiger partial charge in [-0.2, -0.15) is 0 Å². The first-order valence-corrected chi connectivity index (χ1v) is 6.97. The molecule has 0 radical (unpaired) electrons. The van der Waals surface area contributed by atoms with Crippen molar-refractivity contribution in [2.75, 3.05) is 0 Å². The molecule has 14 heavy (non-hydrogen) atoms. The molecule has 1 aromatic rings. The summed E-state index contributed by atoms with van der Waals surface area (Å²) < 4.78 is 2.70. The maximum atomic E-state index is 2.44. The number of rotatable bonds is 2. The van der Waals surface area contributed by atoms with Crippen molar-refractivity contribution in [1.82, 2.24) is 0 Å². The minimum Gasteiger partial charge on any atom is -0.0619 e. The molecule has 0 amide bonds. The van der Waals surface area contributed by atoms with Crippen LogP contribution < -0.4 is 0 Å². The van der Waals surface area contributed by atoms with Gasteiger partial charge in [-0.05, 0) is 74.2 Å². The monoisotopic (exact) mass is 414 g/mol. The zero-order valence-electron chi connectivity index (χ0n) is 9.07. The zero-order valence-corrected chi connectivity index (χ0v) is 13.4. The van der Waals surface area contributed by atoms with Crippen LogP contribution in [0.2, 0.25) is 0 Å². The third-order valence-corrected chi connectivity index (χ3v) is 4.63. The van der Waals surface area contributed by atoms with E-state index in [1.165, 1.54) is 12.7 Å². The largest absolute Gasteiger partial charge is 0.0619 e. The lowest BCUT2D eigenvalue weighted by atomic mass is 9.75. The molecule has 1 rings (SSSR count). The standard InChI is InChI=1S/C12H16I2/c1-8(2)12(3,4)10-6-5-9(13)7-11(10)14/h5-8H,1-4H3. The molecular formula is C12H16I2. The normalized spacial score (nSPS) is 12.2. The van der Waals surface area contributed by atoms with Crippen LogP contribution in [0.15, 0.2) is 18.2 Å². The van der Waals surface area contributed by atoms with Crippen LogP contribution in [-0.4, -0.2) is 0 Å². The Labute approximate surface area is 114 Å². The molecule has 0 fully saturated rings. The summed E-state index contributed by atoms with van der Waals surface area (Å²) >= 11 is 4.80. The molecule has 78 valence electrons. The van der Waals surface area contributed by atoms with Crippen molar-refractivity contribution in [3.63, 3.8) is 0 Å². The van der Waals surface area contributed by atoms with Crippen molar-refractivity contribution in [2.24, 2.45) is 5.92 Å². The molecule has 0 spiro atoms. The van der Waals surface area contributed by atoms with Gasteiger partial charge in [-0.1, -0.05) is 33.8 Å². The molecule has 0 aliphatic heterocycles. The number of hydrogen-bond donors (Lipinski definition) is 0. The highest BCUT2D eigenvalue weighted by molar-refractivity contribution is 14.1. The highest BCUT2D eigenvalue weighted by Crippen LogP contribution is 2.34. The van der Waals surface area contributed by atoms with Crippen molar-refractivity contribution < 1.29 is 0 Å². The predicted octanol–water partition coefficient (Wildman–Crippen LogP) is 4.83. The molecule has 0 unspecified atom stereocenters. The fourth-order valence-corrected chi connectivity index (χ4v) is 3.62. The van der Waals surface area contributed by atoms with E-state index in [-0.39, 0.29) is 5.41 Å². The lowest BCUT2D eigenvalue weighted by Crippen LogP contribution is -2.25. The van der Waals surface area contributed by atoms with E-state index in [0.29, 0.717) is 5.92 Å². The molecule has 0 nitrogen and oxygen atoms in total. The van der Waals surface area contributed by atoms with E-state index in [1.807, 2.05) is 0 Å². The first-order valence-electron chi connectivity index (χ1n) is 4.81. The van der Waals surface area contributed by atoms with Gasteiger partial charge in [0.05, 0.1) is 0 Å². The van der Waals surface area contributed by atoms with Gasteiger partial charge in [0.15, 0.2) is 0 Å². The second-order valence-corrected chi connectivity index (χ2v) is 6.91. The molecule has 2 heteroatoms. The Kier molecular flexibility index (Phi) is 4.26. The first kappa shape index (κ1) is 12.7. The first-order chi connectivity index (χ1) is 6.35. The van der Waals surface area contributed by atoms with Crippen molar-refractivity contribution >= 4 is 45.2 Å². The lowest BCUT2D eigenvalue weighted by Gasteiger charge is -2.31. The molecule has 0 atom stereocenters. The Hall–Kier alpha value is 0.680. The average Bonchev–Trinajstić information content (AvgIpc) is 2.02. The average molecular weight is 414 g/mol. The van der Waals surface area contributed by atoms with E-state index in [1.54, 1.807) is 0 Å². The summed E-state index contributed by atoms with van der Waals surface area (Å²) in [7, 11) is 0. The van der Waals surface area contributed by atoms with Gasteiger partial charge in [0.25, 0.3) is 0 Å². The van der Waals surface area contributed by atoms with Crippen LogP contribution in [0.3, 0.4) is 0 Å². The van der Waals surface area contributed by atoms with E-state index < -0.39 is 0 Å².